The molecule has 0 spiro atoms. The zero-order valence-corrected chi connectivity index (χ0v) is 16.9. The number of ether oxygens (including phenoxy) is 3. The van der Waals surface area contributed by atoms with Gasteiger partial charge in [-0.3, -0.25) is 0 Å². The molecule has 0 aromatic heterocycles. The number of alkyl halides is 2. The Labute approximate surface area is 169 Å². The van der Waals surface area contributed by atoms with Crippen molar-refractivity contribution in [3.8, 4) is 5.75 Å². The van der Waals surface area contributed by atoms with Gasteiger partial charge in [0.15, 0.2) is 6.10 Å². The fourth-order valence-corrected chi connectivity index (χ4v) is 3.46. The topological polar surface area (TPSA) is 84.9 Å². The van der Waals surface area contributed by atoms with Crippen LogP contribution in [0.2, 0.25) is 0 Å². The van der Waals surface area contributed by atoms with E-state index in [9.17, 15) is 23.5 Å². The first-order valence-corrected chi connectivity index (χ1v) is 9.76. The maximum atomic E-state index is 14.2. The normalized spacial score (nSPS) is 17.6. The van der Waals surface area contributed by atoms with Crippen molar-refractivity contribution in [2.45, 2.75) is 64.3 Å². The van der Waals surface area contributed by atoms with Crippen LogP contribution in [0.5, 0.6) is 5.75 Å². The number of methoxy groups -OCH3 is 1. The standard InChI is InChI=1S/C21H28F2O6/c1-13(2)19(27-3)28-16-11-9-15(10-12-16)18(24)29-17(21(22,23)20(25)26)14-7-5-4-6-8-14/h9-14,17,19H,4-8H2,1-3H3,(H,25,26)/p-1. The molecule has 0 saturated heterocycles. The summed E-state index contributed by atoms with van der Waals surface area (Å²) < 4.78 is 44.3. The largest absolute Gasteiger partial charge is 0.544 e. The molecule has 0 radical (unpaired) electrons. The second-order valence-electron chi connectivity index (χ2n) is 7.62. The highest BCUT2D eigenvalue weighted by atomic mass is 19.3. The third-order valence-corrected chi connectivity index (χ3v) is 5.06. The summed E-state index contributed by atoms with van der Waals surface area (Å²) in [6, 6.07) is 5.74. The predicted octanol–water partition coefficient (Wildman–Crippen LogP) is 3.18. The van der Waals surface area contributed by atoms with Gasteiger partial charge in [-0.2, -0.15) is 8.78 Å². The molecule has 8 heteroatoms. The van der Waals surface area contributed by atoms with Crippen molar-refractivity contribution < 1.29 is 37.7 Å². The summed E-state index contributed by atoms with van der Waals surface area (Å²) in [6.07, 6.45) is 0.464. The van der Waals surface area contributed by atoms with Crippen molar-refractivity contribution in [2.24, 2.45) is 11.8 Å². The van der Waals surface area contributed by atoms with Crippen LogP contribution in [0.3, 0.4) is 0 Å². The third kappa shape index (κ3) is 5.88. The van der Waals surface area contributed by atoms with Crippen molar-refractivity contribution in [1.82, 2.24) is 0 Å². The zero-order chi connectivity index (χ0) is 21.6. The van der Waals surface area contributed by atoms with Crippen LogP contribution < -0.4 is 9.84 Å². The maximum absolute atomic E-state index is 14.2. The summed E-state index contributed by atoms with van der Waals surface area (Å²) in [4.78, 5) is 23.4. The van der Waals surface area contributed by atoms with E-state index in [0.717, 1.165) is 6.42 Å². The van der Waals surface area contributed by atoms with Gasteiger partial charge in [-0.05, 0) is 37.1 Å². The highest BCUT2D eigenvalue weighted by molar-refractivity contribution is 5.90. The van der Waals surface area contributed by atoms with Gasteiger partial charge in [-0.15, -0.1) is 0 Å². The van der Waals surface area contributed by atoms with Crippen molar-refractivity contribution in [1.29, 1.82) is 0 Å². The summed E-state index contributed by atoms with van der Waals surface area (Å²) in [6.45, 7) is 3.84. The molecule has 6 nitrogen and oxygen atoms in total. The molecule has 1 aromatic rings. The minimum Gasteiger partial charge on any atom is -0.544 e. The number of carbonyl (C=O) groups is 2. The quantitative estimate of drug-likeness (QED) is 0.457. The molecule has 2 unspecified atom stereocenters. The molecule has 0 N–H and O–H groups in total. The molecule has 0 bridgehead atoms. The first kappa shape index (κ1) is 23.1. The minimum atomic E-state index is -4.26. The number of hydrogen-bond donors (Lipinski definition) is 0. The van der Waals surface area contributed by atoms with Crippen molar-refractivity contribution in [3.63, 3.8) is 0 Å². The van der Waals surface area contributed by atoms with Gasteiger partial charge in [-0.1, -0.05) is 33.1 Å². The van der Waals surface area contributed by atoms with Gasteiger partial charge < -0.3 is 24.1 Å². The first-order valence-electron chi connectivity index (χ1n) is 9.76. The summed E-state index contributed by atoms with van der Waals surface area (Å²) in [5.41, 5.74) is 0.0193. The van der Waals surface area contributed by atoms with Crippen LogP contribution in [0, 0.1) is 11.8 Å². The third-order valence-electron chi connectivity index (χ3n) is 5.06. The van der Waals surface area contributed by atoms with Crippen LogP contribution in [-0.2, 0) is 14.3 Å². The molecule has 1 aromatic carbocycles. The van der Waals surface area contributed by atoms with Crippen LogP contribution in [0.25, 0.3) is 0 Å². The second kappa shape index (κ2) is 10.0. The van der Waals surface area contributed by atoms with Gasteiger partial charge in [-0.25, -0.2) is 4.79 Å². The average molecular weight is 413 g/mol. The average Bonchev–Trinajstić information content (AvgIpc) is 2.70. The van der Waals surface area contributed by atoms with E-state index in [1.54, 1.807) is 0 Å². The second-order valence-corrected chi connectivity index (χ2v) is 7.62. The number of halogens is 2. The van der Waals surface area contributed by atoms with Gasteiger partial charge in [0, 0.05) is 18.9 Å². The van der Waals surface area contributed by atoms with Gasteiger partial charge in [0.25, 0.3) is 0 Å². The fraction of sp³-hybridized carbons (Fsp3) is 0.619. The highest BCUT2D eigenvalue weighted by Crippen LogP contribution is 2.36. The Morgan fingerprint density at radius 1 is 1.10 bits per heavy atom. The number of rotatable bonds is 9. The summed E-state index contributed by atoms with van der Waals surface area (Å²) >= 11 is 0. The monoisotopic (exact) mass is 413 g/mol. The summed E-state index contributed by atoms with van der Waals surface area (Å²) in [7, 11) is 1.51. The SMILES string of the molecule is COC(Oc1ccc(C(=O)OC(C2CCCCC2)C(F)(F)C(=O)[O-])cc1)C(C)C. The van der Waals surface area contributed by atoms with Crippen LogP contribution in [0.15, 0.2) is 24.3 Å². The molecule has 1 aliphatic carbocycles. The van der Waals surface area contributed by atoms with Crippen LogP contribution in [-0.4, -0.2) is 37.4 Å². The smallest absolute Gasteiger partial charge is 0.338 e. The van der Waals surface area contributed by atoms with E-state index in [0.29, 0.717) is 31.4 Å². The van der Waals surface area contributed by atoms with Crippen molar-refractivity contribution in [2.75, 3.05) is 7.11 Å². The molecule has 0 aliphatic heterocycles. The number of carboxylic acids is 1. The Morgan fingerprint density at radius 3 is 2.17 bits per heavy atom. The molecule has 1 saturated carbocycles. The zero-order valence-electron chi connectivity index (χ0n) is 16.9. The highest BCUT2D eigenvalue weighted by Gasteiger charge is 2.48. The number of hydrogen-bond acceptors (Lipinski definition) is 6. The van der Waals surface area contributed by atoms with Crippen LogP contribution >= 0.6 is 0 Å². The lowest BCUT2D eigenvalue weighted by Gasteiger charge is -2.35. The molecule has 1 aliphatic rings. The lowest BCUT2D eigenvalue weighted by Crippen LogP contribution is -2.54. The predicted molar refractivity (Wildman–Crippen MR) is 98.4 cm³/mol. The molecular weight excluding hydrogens is 386 g/mol. The molecule has 0 heterocycles. The summed E-state index contributed by atoms with van der Waals surface area (Å²) in [5, 5.41) is 11.0. The fourth-order valence-electron chi connectivity index (χ4n) is 3.46. The molecular formula is C21H27F2O6-. The van der Waals surface area contributed by atoms with Gasteiger partial charge in [0.2, 0.25) is 6.29 Å². The lowest BCUT2D eigenvalue weighted by molar-refractivity contribution is -0.337. The number of esters is 1. The first-order chi connectivity index (χ1) is 13.7. The number of benzene rings is 1. The van der Waals surface area contributed by atoms with Crippen molar-refractivity contribution in [3.05, 3.63) is 29.8 Å². The molecule has 2 rings (SSSR count). The molecule has 162 valence electrons. The lowest BCUT2D eigenvalue weighted by atomic mass is 9.83. The minimum absolute atomic E-state index is 0.0193. The molecule has 1 fully saturated rings. The van der Waals surface area contributed by atoms with E-state index in [2.05, 4.69) is 0 Å². The van der Waals surface area contributed by atoms with E-state index < -0.39 is 36.2 Å². The van der Waals surface area contributed by atoms with Gasteiger partial charge >= 0.3 is 11.9 Å². The van der Waals surface area contributed by atoms with Gasteiger partial charge in [0.1, 0.15) is 11.7 Å². The van der Waals surface area contributed by atoms with Gasteiger partial charge in [0.05, 0.1) is 5.56 Å². The number of carbonyl (C=O) groups excluding carboxylic acids is 2. The Morgan fingerprint density at radius 2 is 1.69 bits per heavy atom. The van der Waals surface area contributed by atoms with Crippen molar-refractivity contribution >= 4 is 11.9 Å². The Kier molecular flexibility index (Phi) is 7.96. The van der Waals surface area contributed by atoms with E-state index in [4.69, 9.17) is 14.2 Å². The maximum Gasteiger partial charge on any atom is 0.338 e. The molecule has 29 heavy (non-hydrogen) atoms. The number of carboxylic acid groups (broad SMARTS) is 1. The Bertz CT molecular complexity index is 683. The van der Waals surface area contributed by atoms with Crippen LogP contribution in [0.1, 0.15) is 56.3 Å². The van der Waals surface area contributed by atoms with E-state index >= 15 is 0 Å². The van der Waals surface area contributed by atoms with Crippen LogP contribution in [0.4, 0.5) is 8.78 Å². The van der Waals surface area contributed by atoms with E-state index in [-0.39, 0.29) is 11.5 Å². The molecule has 2 atom stereocenters. The Hall–Kier alpha value is -2.22. The van der Waals surface area contributed by atoms with E-state index in [1.165, 1.54) is 31.4 Å². The van der Waals surface area contributed by atoms with E-state index in [1.807, 2.05) is 13.8 Å². The summed E-state index contributed by atoms with van der Waals surface area (Å²) in [5.74, 6) is -8.01. The molecule has 0 amide bonds. The Balaban J connectivity index is 2.13. The number of aliphatic carboxylic acids is 1.